The van der Waals surface area contributed by atoms with Gasteiger partial charge in [0.05, 0.1) is 0 Å². The zero-order valence-electron chi connectivity index (χ0n) is 14.5. The molecular weight excluding hydrogens is 314 g/mol. The van der Waals surface area contributed by atoms with Crippen LogP contribution in [0.25, 0.3) is 0 Å². The van der Waals surface area contributed by atoms with E-state index >= 15 is 0 Å². The number of nitrogens with one attached hydrogen (secondary N) is 1. The van der Waals surface area contributed by atoms with E-state index in [2.05, 4.69) is 10.3 Å². The van der Waals surface area contributed by atoms with E-state index in [1.165, 1.54) is 0 Å². The highest BCUT2D eigenvalue weighted by atomic mass is 16.2. The number of hydrogen-bond acceptors (Lipinski definition) is 3. The topological polar surface area (TPSA) is 62.3 Å². The third-order valence-corrected chi connectivity index (χ3v) is 4.53. The number of hydrogen-bond donors (Lipinski definition) is 1. The molecule has 2 heterocycles. The van der Waals surface area contributed by atoms with Crippen LogP contribution in [0.3, 0.4) is 0 Å². The van der Waals surface area contributed by atoms with E-state index in [4.69, 9.17) is 0 Å². The molecule has 3 rings (SSSR count). The van der Waals surface area contributed by atoms with E-state index in [-0.39, 0.29) is 11.8 Å². The predicted octanol–water partition coefficient (Wildman–Crippen LogP) is 3.20. The largest absolute Gasteiger partial charge is 0.339 e. The number of benzene rings is 1. The highest BCUT2D eigenvalue weighted by molar-refractivity contribution is 5.96. The number of carbonyl (C=O) groups is 2. The van der Waals surface area contributed by atoms with Crippen LogP contribution in [-0.2, 0) is 11.2 Å². The normalized spacial score (nSPS) is 13.7. The van der Waals surface area contributed by atoms with Gasteiger partial charge in [-0.15, -0.1) is 0 Å². The monoisotopic (exact) mass is 337 g/mol. The predicted molar refractivity (Wildman–Crippen MR) is 97.5 cm³/mol. The number of carbonyl (C=O) groups excluding carboxylic acids is 2. The molecule has 1 saturated heterocycles. The lowest BCUT2D eigenvalue weighted by atomic mass is 10.1. The van der Waals surface area contributed by atoms with Crippen LogP contribution in [0.4, 0.5) is 5.69 Å². The van der Waals surface area contributed by atoms with E-state index in [1.807, 2.05) is 36.1 Å². The van der Waals surface area contributed by atoms with Crippen LogP contribution in [0.5, 0.6) is 0 Å². The molecule has 0 saturated carbocycles. The van der Waals surface area contributed by atoms with Crippen LogP contribution in [0.15, 0.2) is 42.7 Å². The van der Waals surface area contributed by atoms with Crippen molar-refractivity contribution in [2.45, 2.75) is 32.6 Å². The summed E-state index contributed by atoms with van der Waals surface area (Å²) in [5.41, 5.74) is 3.45. The summed E-state index contributed by atoms with van der Waals surface area (Å²) in [6.07, 6.45) is 6.71. The van der Waals surface area contributed by atoms with Gasteiger partial charge < -0.3 is 10.2 Å². The molecule has 0 aliphatic carbocycles. The van der Waals surface area contributed by atoms with Crippen LogP contribution in [0.1, 0.15) is 40.7 Å². The molecule has 1 aromatic carbocycles. The van der Waals surface area contributed by atoms with Crippen molar-refractivity contribution in [3.05, 3.63) is 59.4 Å². The highest BCUT2D eigenvalue weighted by Crippen LogP contribution is 2.20. The number of pyridine rings is 1. The minimum absolute atomic E-state index is 0.0291. The number of anilines is 1. The van der Waals surface area contributed by atoms with Crippen molar-refractivity contribution in [2.75, 3.05) is 18.4 Å². The lowest BCUT2D eigenvalue weighted by molar-refractivity contribution is -0.116. The van der Waals surface area contributed by atoms with Gasteiger partial charge in [0.15, 0.2) is 0 Å². The average molecular weight is 337 g/mol. The first-order chi connectivity index (χ1) is 12.1. The lowest BCUT2D eigenvalue weighted by Crippen LogP contribution is -2.27. The van der Waals surface area contributed by atoms with Crippen LogP contribution in [0, 0.1) is 6.92 Å². The Morgan fingerprint density at radius 1 is 1.12 bits per heavy atom. The maximum atomic E-state index is 12.4. The van der Waals surface area contributed by atoms with Gasteiger partial charge in [0, 0.05) is 43.2 Å². The Bertz CT molecular complexity index is 753. The Balaban J connectivity index is 1.59. The molecular formula is C20H23N3O2. The minimum atomic E-state index is -0.0291. The number of likely N-dealkylation sites (tertiary alicyclic amines) is 1. The molecule has 5 heteroatoms. The van der Waals surface area contributed by atoms with E-state index in [0.717, 1.165) is 42.7 Å². The Kier molecular flexibility index (Phi) is 5.43. The van der Waals surface area contributed by atoms with Gasteiger partial charge in [0.1, 0.15) is 0 Å². The van der Waals surface area contributed by atoms with Gasteiger partial charge in [0.25, 0.3) is 5.91 Å². The van der Waals surface area contributed by atoms with Crippen molar-refractivity contribution >= 4 is 17.5 Å². The summed E-state index contributed by atoms with van der Waals surface area (Å²) in [7, 11) is 0. The van der Waals surface area contributed by atoms with Gasteiger partial charge in [-0.05, 0) is 67.6 Å². The number of amides is 2. The zero-order valence-corrected chi connectivity index (χ0v) is 14.5. The highest BCUT2D eigenvalue weighted by Gasteiger charge is 2.20. The summed E-state index contributed by atoms with van der Waals surface area (Å²) < 4.78 is 0. The molecule has 1 aliphatic heterocycles. The maximum absolute atomic E-state index is 12.4. The molecule has 130 valence electrons. The molecule has 2 aromatic rings. The van der Waals surface area contributed by atoms with Crippen LogP contribution in [-0.4, -0.2) is 34.8 Å². The number of aryl methyl sites for hydroxylation is 2. The zero-order chi connectivity index (χ0) is 17.6. The standard InChI is InChI=1S/C20H23N3O2/c1-15-14-17(20(25)23-12-2-3-13-23)5-6-18(15)22-19(24)7-4-16-8-10-21-11-9-16/h5-6,8-11,14H,2-4,7,12-13H2,1H3,(H,22,24). The average Bonchev–Trinajstić information content (AvgIpc) is 3.16. The van der Waals surface area contributed by atoms with E-state index in [1.54, 1.807) is 18.5 Å². The smallest absolute Gasteiger partial charge is 0.253 e. The Labute approximate surface area is 148 Å². The SMILES string of the molecule is Cc1cc(C(=O)N2CCCC2)ccc1NC(=O)CCc1ccncc1. The third kappa shape index (κ3) is 4.44. The van der Waals surface area contributed by atoms with Crippen molar-refractivity contribution < 1.29 is 9.59 Å². The second-order valence-corrected chi connectivity index (χ2v) is 6.43. The maximum Gasteiger partial charge on any atom is 0.253 e. The van der Waals surface area contributed by atoms with Crippen molar-refractivity contribution in [2.24, 2.45) is 0 Å². The first kappa shape index (κ1) is 17.1. The molecule has 0 radical (unpaired) electrons. The molecule has 25 heavy (non-hydrogen) atoms. The number of aromatic nitrogens is 1. The first-order valence-electron chi connectivity index (χ1n) is 8.72. The van der Waals surface area contributed by atoms with Crippen LogP contribution >= 0.6 is 0 Å². The summed E-state index contributed by atoms with van der Waals surface area (Å²) in [6, 6.07) is 9.31. The van der Waals surface area contributed by atoms with Crippen LogP contribution < -0.4 is 5.32 Å². The summed E-state index contributed by atoms with van der Waals surface area (Å²) in [4.78, 5) is 30.5. The Morgan fingerprint density at radius 2 is 1.84 bits per heavy atom. The van der Waals surface area contributed by atoms with Gasteiger partial charge in [-0.25, -0.2) is 0 Å². The Morgan fingerprint density at radius 3 is 2.52 bits per heavy atom. The summed E-state index contributed by atoms with van der Waals surface area (Å²) in [5, 5.41) is 2.94. The van der Waals surface area contributed by atoms with Crippen molar-refractivity contribution in [3.8, 4) is 0 Å². The summed E-state index contributed by atoms with van der Waals surface area (Å²) >= 11 is 0. The first-order valence-corrected chi connectivity index (χ1v) is 8.72. The fourth-order valence-electron chi connectivity index (χ4n) is 3.06. The molecule has 1 aromatic heterocycles. The minimum Gasteiger partial charge on any atom is -0.339 e. The fraction of sp³-hybridized carbons (Fsp3) is 0.350. The van der Waals surface area contributed by atoms with Crippen molar-refractivity contribution in [1.82, 2.24) is 9.88 Å². The molecule has 5 nitrogen and oxygen atoms in total. The molecule has 0 unspecified atom stereocenters. The molecule has 0 bridgehead atoms. The molecule has 1 fully saturated rings. The molecule has 1 aliphatic rings. The fourth-order valence-corrected chi connectivity index (χ4v) is 3.06. The molecule has 1 N–H and O–H groups in total. The van der Waals surface area contributed by atoms with Gasteiger partial charge in [-0.3, -0.25) is 14.6 Å². The van der Waals surface area contributed by atoms with Gasteiger partial charge in [0.2, 0.25) is 5.91 Å². The molecule has 0 atom stereocenters. The van der Waals surface area contributed by atoms with Crippen molar-refractivity contribution in [1.29, 1.82) is 0 Å². The number of nitrogens with zero attached hydrogens (tertiary/aromatic N) is 2. The molecule has 2 amide bonds. The van der Waals surface area contributed by atoms with Gasteiger partial charge in [-0.2, -0.15) is 0 Å². The number of rotatable bonds is 5. The van der Waals surface area contributed by atoms with Gasteiger partial charge >= 0.3 is 0 Å². The lowest BCUT2D eigenvalue weighted by Gasteiger charge is -2.16. The third-order valence-electron chi connectivity index (χ3n) is 4.53. The quantitative estimate of drug-likeness (QED) is 0.911. The second-order valence-electron chi connectivity index (χ2n) is 6.43. The van der Waals surface area contributed by atoms with Crippen LogP contribution in [0.2, 0.25) is 0 Å². The summed E-state index contributed by atoms with van der Waals surface area (Å²) in [5.74, 6) is 0.0506. The van der Waals surface area contributed by atoms with E-state index in [0.29, 0.717) is 18.4 Å². The van der Waals surface area contributed by atoms with Gasteiger partial charge in [-0.1, -0.05) is 0 Å². The van der Waals surface area contributed by atoms with E-state index in [9.17, 15) is 9.59 Å². The molecule has 0 spiro atoms. The second kappa shape index (κ2) is 7.92. The Hall–Kier alpha value is -2.69. The van der Waals surface area contributed by atoms with Crippen molar-refractivity contribution in [3.63, 3.8) is 0 Å². The van der Waals surface area contributed by atoms with E-state index < -0.39 is 0 Å². The summed E-state index contributed by atoms with van der Waals surface area (Å²) in [6.45, 7) is 3.59.